The van der Waals surface area contributed by atoms with E-state index in [1.165, 1.54) is 27.4 Å². The first-order valence-electron chi connectivity index (χ1n) is 16.7. The Morgan fingerprint density at radius 2 is 1.33 bits per heavy atom. The lowest BCUT2D eigenvalue weighted by Gasteiger charge is -2.46. The molecule has 13 atom stereocenters. The van der Waals surface area contributed by atoms with Gasteiger partial charge in [0.1, 0.15) is 77.8 Å². The molecule has 2 aromatic carbocycles. The summed E-state index contributed by atoms with van der Waals surface area (Å²) >= 11 is 0. The number of ether oxygens (including phenoxy) is 9. The van der Waals surface area contributed by atoms with Crippen LogP contribution in [-0.2, 0) is 23.7 Å². The quantitative estimate of drug-likeness (QED) is 0.0958. The van der Waals surface area contributed by atoms with Crippen LogP contribution in [0.25, 0.3) is 22.3 Å². The van der Waals surface area contributed by atoms with Gasteiger partial charge in [-0.15, -0.1) is 0 Å². The molecule has 0 spiro atoms. The summed E-state index contributed by atoms with van der Waals surface area (Å²) in [6.07, 6.45) is -21.5. The molecule has 4 heterocycles. The number of aromatic hydroxyl groups is 1. The van der Waals surface area contributed by atoms with Gasteiger partial charge in [-0.3, -0.25) is 4.79 Å². The van der Waals surface area contributed by atoms with Crippen molar-refractivity contribution in [1.82, 2.24) is 0 Å². The Labute approximate surface area is 305 Å². The number of aliphatic hydroxyl groups excluding tert-OH is 8. The van der Waals surface area contributed by atoms with Gasteiger partial charge < -0.3 is 93.0 Å². The highest BCUT2D eigenvalue weighted by Crippen LogP contribution is 2.45. The summed E-state index contributed by atoms with van der Waals surface area (Å²) in [4.78, 5) is 13.6. The molecule has 0 aliphatic carbocycles. The van der Waals surface area contributed by atoms with Crippen LogP contribution in [-0.4, -0.2) is 167 Å². The SMILES string of the molecule is COc1ccc(-c2oc3cc(O[C@@H]4O[C@H](CO)[C@H](O[C@@H]5OC[C@H](O)[C@H](O[C@@H]6OC[C@@H](O)[C@H](O)[C@H]6O)[C@H]5O)[C@H](O)[C@H]4O)c(OC)c(O)c3c(=O)c2OC)cc1. The molecule has 0 radical (unpaired) electrons. The van der Waals surface area contributed by atoms with Crippen LogP contribution in [0.2, 0.25) is 0 Å². The number of phenols is 1. The zero-order valence-corrected chi connectivity index (χ0v) is 29.0. The van der Waals surface area contributed by atoms with E-state index in [-0.39, 0.29) is 34.0 Å². The summed E-state index contributed by atoms with van der Waals surface area (Å²) in [5, 5.41) is 94.9. The molecule has 3 aliphatic heterocycles. The first-order valence-corrected chi connectivity index (χ1v) is 16.7. The maximum atomic E-state index is 13.6. The van der Waals surface area contributed by atoms with Gasteiger partial charge in [0, 0.05) is 11.6 Å². The van der Waals surface area contributed by atoms with E-state index in [0.29, 0.717) is 11.3 Å². The molecule has 3 aliphatic rings. The van der Waals surface area contributed by atoms with Crippen molar-refractivity contribution < 1.29 is 93.0 Å². The fourth-order valence-electron chi connectivity index (χ4n) is 6.39. The highest BCUT2D eigenvalue weighted by Gasteiger charge is 2.51. The van der Waals surface area contributed by atoms with E-state index in [9.17, 15) is 50.8 Å². The van der Waals surface area contributed by atoms with Gasteiger partial charge in [-0.05, 0) is 24.3 Å². The monoisotopic (exact) mass is 770 g/mol. The normalized spacial score (nSPS) is 34.4. The Hall–Kier alpha value is -3.87. The van der Waals surface area contributed by atoms with Crippen molar-refractivity contribution in [1.29, 1.82) is 0 Å². The predicted octanol–water partition coefficient (Wildman–Crippen LogP) is -2.70. The highest BCUT2D eigenvalue weighted by molar-refractivity contribution is 5.91. The Bertz CT molecular complexity index is 1800. The second-order valence-corrected chi connectivity index (χ2v) is 12.7. The minimum absolute atomic E-state index is 0.00370. The molecule has 3 saturated heterocycles. The lowest BCUT2D eigenvalue weighted by atomic mass is 9.98. The Kier molecular flexibility index (Phi) is 12.1. The minimum Gasteiger partial charge on any atom is -0.504 e. The summed E-state index contributed by atoms with van der Waals surface area (Å²) in [7, 11) is 3.91. The maximum Gasteiger partial charge on any atom is 0.239 e. The van der Waals surface area contributed by atoms with Gasteiger partial charge >= 0.3 is 0 Å². The van der Waals surface area contributed by atoms with Crippen LogP contribution in [0.1, 0.15) is 0 Å². The average molecular weight is 771 g/mol. The topological polar surface area (TPSA) is 295 Å². The molecular formula is C34H42O20. The van der Waals surface area contributed by atoms with Crippen molar-refractivity contribution in [3.05, 3.63) is 40.6 Å². The number of aliphatic hydroxyl groups is 8. The largest absolute Gasteiger partial charge is 0.504 e. The molecule has 54 heavy (non-hydrogen) atoms. The molecule has 298 valence electrons. The molecule has 0 unspecified atom stereocenters. The van der Waals surface area contributed by atoms with Crippen molar-refractivity contribution in [3.63, 3.8) is 0 Å². The van der Waals surface area contributed by atoms with Crippen molar-refractivity contribution in [2.75, 3.05) is 41.2 Å². The first-order chi connectivity index (χ1) is 25.8. The number of benzene rings is 2. The molecule has 20 heteroatoms. The van der Waals surface area contributed by atoms with Gasteiger partial charge in [-0.25, -0.2) is 0 Å². The van der Waals surface area contributed by atoms with Crippen molar-refractivity contribution in [2.24, 2.45) is 0 Å². The highest BCUT2D eigenvalue weighted by atomic mass is 16.8. The lowest BCUT2D eigenvalue weighted by Crippen LogP contribution is -2.64. The molecule has 1 aromatic heterocycles. The van der Waals surface area contributed by atoms with Crippen LogP contribution in [0.3, 0.4) is 0 Å². The van der Waals surface area contributed by atoms with E-state index < -0.39 is 111 Å². The third-order valence-electron chi connectivity index (χ3n) is 9.32. The number of fused-ring (bicyclic) bond motifs is 1. The second kappa shape index (κ2) is 16.5. The van der Waals surface area contributed by atoms with E-state index >= 15 is 0 Å². The molecule has 6 rings (SSSR count). The number of hydrogen-bond acceptors (Lipinski definition) is 20. The van der Waals surface area contributed by atoms with Crippen molar-refractivity contribution in [3.8, 4) is 40.1 Å². The Morgan fingerprint density at radius 1 is 0.722 bits per heavy atom. The molecular weight excluding hydrogens is 728 g/mol. The van der Waals surface area contributed by atoms with E-state index in [1.54, 1.807) is 24.3 Å². The molecule has 0 amide bonds. The lowest BCUT2D eigenvalue weighted by molar-refractivity contribution is -0.359. The van der Waals surface area contributed by atoms with Gasteiger partial charge in [-0.2, -0.15) is 0 Å². The summed E-state index contributed by atoms with van der Waals surface area (Å²) in [5.74, 6) is -1.08. The maximum absolute atomic E-state index is 13.6. The smallest absolute Gasteiger partial charge is 0.239 e. The zero-order chi connectivity index (χ0) is 39.0. The minimum atomic E-state index is -1.94. The van der Waals surface area contributed by atoms with Gasteiger partial charge in [0.2, 0.25) is 23.2 Å². The number of methoxy groups -OCH3 is 3. The van der Waals surface area contributed by atoms with E-state index in [4.69, 9.17) is 47.0 Å². The molecule has 3 aromatic rings. The second-order valence-electron chi connectivity index (χ2n) is 12.7. The summed E-state index contributed by atoms with van der Waals surface area (Å²) in [6, 6.07) is 7.69. The van der Waals surface area contributed by atoms with Gasteiger partial charge in [0.25, 0.3) is 0 Å². The summed E-state index contributed by atoms with van der Waals surface area (Å²) < 4.78 is 55.4. The number of hydrogen-bond donors (Lipinski definition) is 9. The number of phenolic OH excluding ortho intramolecular Hbond substituents is 1. The van der Waals surface area contributed by atoms with Crippen LogP contribution in [0, 0.1) is 0 Å². The molecule has 0 bridgehead atoms. The van der Waals surface area contributed by atoms with Crippen molar-refractivity contribution in [2.45, 2.75) is 79.9 Å². The van der Waals surface area contributed by atoms with Crippen LogP contribution >= 0.6 is 0 Å². The van der Waals surface area contributed by atoms with Crippen LogP contribution in [0.5, 0.6) is 28.7 Å². The van der Waals surface area contributed by atoms with Gasteiger partial charge in [0.05, 0.1) is 41.2 Å². The fraction of sp³-hybridized carbons (Fsp3) is 0.559. The van der Waals surface area contributed by atoms with Gasteiger partial charge in [0.15, 0.2) is 29.8 Å². The fourth-order valence-corrected chi connectivity index (χ4v) is 6.39. The molecule has 20 nitrogen and oxygen atoms in total. The standard InChI is InChI=1S/C34H42O20/c1-45-13-6-4-12(5-7-13)27-31(47-3)22(40)19-16(50-27)8-17(29(46-2)21(19)39)51-34-25(43)23(41)30(18(9-35)52-34)54-33-26(44)28(15(37)11-49-33)53-32-24(42)20(38)14(36)10-48-32/h4-8,14-15,18,20,23-26,28,30,32-39,41-44H,9-11H2,1-3H3/t14-,15+,18-,20+,23-,24-,25-,26-,28+,30+,32+,33+,34-/m1/s1. The summed E-state index contributed by atoms with van der Waals surface area (Å²) in [5.41, 5.74) is -0.513. The number of rotatable bonds is 11. The third-order valence-corrected chi connectivity index (χ3v) is 9.32. The molecule has 3 fully saturated rings. The predicted molar refractivity (Wildman–Crippen MR) is 177 cm³/mol. The Morgan fingerprint density at radius 3 is 1.96 bits per heavy atom. The van der Waals surface area contributed by atoms with Crippen LogP contribution in [0.15, 0.2) is 39.5 Å². The third kappa shape index (κ3) is 7.41. The van der Waals surface area contributed by atoms with Crippen molar-refractivity contribution >= 4 is 11.0 Å². The van der Waals surface area contributed by atoms with E-state index in [2.05, 4.69) is 0 Å². The molecule has 0 saturated carbocycles. The Balaban J connectivity index is 1.23. The van der Waals surface area contributed by atoms with E-state index in [1.807, 2.05) is 0 Å². The van der Waals surface area contributed by atoms with E-state index in [0.717, 1.165) is 0 Å². The zero-order valence-electron chi connectivity index (χ0n) is 29.0. The van der Waals surface area contributed by atoms with Gasteiger partial charge in [-0.1, -0.05) is 0 Å². The average Bonchev–Trinajstić information content (AvgIpc) is 3.16. The van der Waals surface area contributed by atoms with Crippen LogP contribution in [0.4, 0.5) is 0 Å². The molecule has 9 N–H and O–H groups in total. The summed E-state index contributed by atoms with van der Waals surface area (Å²) in [6.45, 7) is -1.74. The van der Waals surface area contributed by atoms with Crippen LogP contribution < -0.4 is 24.4 Å². The first kappa shape index (κ1) is 39.8.